The van der Waals surface area contributed by atoms with Crippen molar-refractivity contribution in [3.8, 4) is 45.3 Å². The van der Waals surface area contributed by atoms with Crippen LogP contribution in [0, 0.1) is 0 Å². The highest BCUT2D eigenvalue weighted by atomic mass is 16.3. The Morgan fingerprint density at radius 2 is 1.04 bits per heavy atom. The minimum atomic E-state index is -0.364. The molecule has 0 spiro atoms. The molecular weight excluding hydrogens is 671 g/mol. The van der Waals surface area contributed by atoms with Gasteiger partial charge in [0.05, 0.1) is 0 Å². The average molecular weight is 706 g/mol. The maximum atomic E-state index is 6.56. The third-order valence-corrected chi connectivity index (χ3v) is 10.7. The highest BCUT2D eigenvalue weighted by Gasteiger charge is 2.33. The van der Waals surface area contributed by atoms with E-state index in [9.17, 15) is 0 Å². The van der Waals surface area contributed by atoms with Crippen LogP contribution in [-0.4, -0.2) is 15.0 Å². The Labute approximate surface area is 319 Å². The average Bonchev–Trinajstić information content (AvgIpc) is 3.66. The molecule has 1 aliphatic carbocycles. The van der Waals surface area contributed by atoms with Gasteiger partial charge in [0.1, 0.15) is 11.2 Å². The highest BCUT2D eigenvalue weighted by Crippen LogP contribution is 2.45. The minimum absolute atomic E-state index is 0.364. The van der Waals surface area contributed by atoms with Gasteiger partial charge in [-0.1, -0.05) is 176 Å². The number of benzene rings is 7. The van der Waals surface area contributed by atoms with Crippen LogP contribution in [-0.2, 0) is 5.41 Å². The van der Waals surface area contributed by atoms with Crippen LogP contribution in [0.4, 0.5) is 0 Å². The molecule has 2 aromatic heterocycles. The van der Waals surface area contributed by atoms with E-state index in [1.165, 1.54) is 22.3 Å². The van der Waals surface area contributed by atoms with Gasteiger partial charge < -0.3 is 4.42 Å². The van der Waals surface area contributed by atoms with E-state index in [1.807, 2.05) is 48.5 Å². The Kier molecular flexibility index (Phi) is 8.07. The van der Waals surface area contributed by atoms with Gasteiger partial charge in [-0.15, -0.1) is 0 Å². The Morgan fingerprint density at radius 1 is 0.436 bits per heavy atom. The van der Waals surface area contributed by atoms with Crippen LogP contribution in [0.5, 0.6) is 0 Å². The first-order valence-electron chi connectivity index (χ1n) is 18.7. The van der Waals surface area contributed by atoms with Gasteiger partial charge in [-0.3, -0.25) is 0 Å². The van der Waals surface area contributed by atoms with Crippen molar-refractivity contribution in [2.45, 2.75) is 11.8 Å². The van der Waals surface area contributed by atoms with Crippen molar-refractivity contribution < 1.29 is 4.42 Å². The lowest BCUT2D eigenvalue weighted by molar-refractivity contribution is 0.647. The van der Waals surface area contributed by atoms with Crippen LogP contribution in [0.15, 0.2) is 205 Å². The SMILES string of the molecule is C1=CC(c2ccccc2)(c2ccc3oc4cccc(-c5nc(-c6ccccc6)nc(-c6cccc(-c7ccccc7)c6)n5)c4c3c2)CC=C1c1ccccc1. The van der Waals surface area contributed by atoms with Crippen molar-refractivity contribution in [3.63, 3.8) is 0 Å². The summed E-state index contributed by atoms with van der Waals surface area (Å²) in [5, 5.41) is 2.01. The lowest BCUT2D eigenvalue weighted by Gasteiger charge is -2.34. The molecule has 7 aromatic carbocycles. The van der Waals surface area contributed by atoms with Crippen LogP contribution < -0.4 is 0 Å². The molecule has 0 aliphatic heterocycles. The smallest absolute Gasteiger partial charge is 0.164 e. The molecular formula is C51H35N3O. The first-order chi connectivity index (χ1) is 27.2. The molecule has 9 aromatic rings. The fraction of sp³-hybridized carbons (Fsp3) is 0.0392. The molecule has 0 amide bonds. The van der Waals surface area contributed by atoms with Crippen LogP contribution in [0.2, 0.25) is 0 Å². The van der Waals surface area contributed by atoms with Crippen LogP contribution in [0.1, 0.15) is 23.1 Å². The van der Waals surface area contributed by atoms with E-state index in [4.69, 9.17) is 19.4 Å². The Hall–Kier alpha value is -7.17. The van der Waals surface area contributed by atoms with E-state index < -0.39 is 0 Å². The molecule has 260 valence electrons. The summed E-state index contributed by atoms with van der Waals surface area (Å²) in [5.41, 5.74) is 11.1. The van der Waals surface area contributed by atoms with E-state index >= 15 is 0 Å². The summed E-state index contributed by atoms with van der Waals surface area (Å²) in [6.07, 6.45) is 7.85. The predicted molar refractivity (Wildman–Crippen MR) is 224 cm³/mol. The normalized spacial score (nSPS) is 15.3. The largest absolute Gasteiger partial charge is 0.456 e. The van der Waals surface area contributed by atoms with Gasteiger partial charge in [-0.05, 0) is 64.1 Å². The number of allylic oxidation sites excluding steroid dienone is 4. The van der Waals surface area contributed by atoms with Gasteiger partial charge in [0.15, 0.2) is 17.5 Å². The minimum Gasteiger partial charge on any atom is -0.456 e. The van der Waals surface area contributed by atoms with E-state index in [0.29, 0.717) is 17.5 Å². The fourth-order valence-electron chi connectivity index (χ4n) is 7.92. The quantitative estimate of drug-likeness (QED) is 0.166. The van der Waals surface area contributed by atoms with Crippen molar-refractivity contribution in [1.29, 1.82) is 0 Å². The van der Waals surface area contributed by atoms with E-state index in [2.05, 4.69) is 152 Å². The molecule has 0 N–H and O–H groups in total. The maximum Gasteiger partial charge on any atom is 0.164 e. The van der Waals surface area contributed by atoms with Crippen molar-refractivity contribution in [3.05, 3.63) is 217 Å². The fourth-order valence-corrected chi connectivity index (χ4v) is 7.92. The van der Waals surface area contributed by atoms with Gasteiger partial charge in [-0.25, -0.2) is 15.0 Å². The molecule has 1 atom stereocenters. The third-order valence-electron chi connectivity index (χ3n) is 10.7. The number of hydrogen-bond acceptors (Lipinski definition) is 4. The second-order valence-corrected chi connectivity index (χ2v) is 14.0. The van der Waals surface area contributed by atoms with Gasteiger partial charge in [0.25, 0.3) is 0 Å². The lowest BCUT2D eigenvalue weighted by Crippen LogP contribution is -2.26. The zero-order valence-corrected chi connectivity index (χ0v) is 30.0. The summed E-state index contributed by atoms with van der Waals surface area (Å²) >= 11 is 0. The van der Waals surface area contributed by atoms with E-state index in [-0.39, 0.29) is 5.41 Å². The second kappa shape index (κ2) is 13.7. The molecule has 4 nitrogen and oxygen atoms in total. The lowest BCUT2D eigenvalue weighted by atomic mass is 9.69. The molecule has 0 saturated heterocycles. The monoisotopic (exact) mass is 705 g/mol. The molecule has 0 radical (unpaired) electrons. The van der Waals surface area contributed by atoms with Gasteiger partial charge in [-0.2, -0.15) is 0 Å². The number of fused-ring (bicyclic) bond motifs is 3. The molecule has 1 unspecified atom stereocenters. The molecule has 2 heterocycles. The van der Waals surface area contributed by atoms with Gasteiger partial charge in [0, 0.05) is 32.9 Å². The van der Waals surface area contributed by atoms with E-state index in [0.717, 1.165) is 56.2 Å². The molecule has 0 saturated carbocycles. The first kappa shape index (κ1) is 32.5. The Balaban J connectivity index is 1.15. The summed E-state index contributed by atoms with van der Waals surface area (Å²) in [4.78, 5) is 15.4. The summed E-state index contributed by atoms with van der Waals surface area (Å²) < 4.78 is 6.56. The van der Waals surface area contributed by atoms with Crippen molar-refractivity contribution >= 4 is 27.5 Å². The molecule has 0 bridgehead atoms. The number of aromatic nitrogens is 3. The first-order valence-corrected chi connectivity index (χ1v) is 18.7. The van der Waals surface area contributed by atoms with Gasteiger partial charge in [0.2, 0.25) is 0 Å². The van der Waals surface area contributed by atoms with E-state index in [1.54, 1.807) is 0 Å². The number of nitrogens with zero attached hydrogens (tertiary/aromatic N) is 3. The summed E-state index contributed by atoms with van der Waals surface area (Å²) in [7, 11) is 0. The van der Waals surface area contributed by atoms with Crippen LogP contribution in [0.25, 0.3) is 72.8 Å². The summed E-state index contributed by atoms with van der Waals surface area (Å²) in [5.74, 6) is 1.83. The second-order valence-electron chi connectivity index (χ2n) is 14.0. The van der Waals surface area contributed by atoms with Crippen molar-refractivity contribution in [2.75, 3.05) is 0 Å². The predicted octanol–water partition coefficient (Wildman–Crippen LogP) is 12.8. The van der Waals surface area contributed by atoms with Crippen molar-refractivity contribution in [1.82, 2.24) is 15.0 Å². The number of rotatable bonds is 7. The molecule has 55 heavy (non-hydrogen) atoms. The number of furan rings is 1. The van der Waals surface area contributed by atoms with Crippen LogP contribution in [0.3, 0.4) is 0 Å². The topological polar surface area (TPSA) is 51.8 Å². The van der Waals surface area contributed by atoms with Crippen LogP contribution >= 0.6 is 0 Å². The zero-order valence-electron chi connectivity index (χ0n) is 30.0. The molecule has 0 fully saturated rings. The Morgan fingerprint density at radius 3 is 1.75 bits per heavy atom. The maximum absolute atomic E-state index is 6.56. The van der Waals surface area contributed by atoms with Crippen molar-refractivity contribution in [2.24, 2.45) is 0 Å². The molecule has 10 rings (SSSR count). The highest BCUT2D eigenvalue weighted by molar-refractivity contribution is 6.12. The van der Waals surface area contributed by atoms with Gasteiger partial charge >= 0.3 is 0 Å². The third kappa shape index (κ3) is 5.94. The standard InChI is InChI=1S/C51H35N3O/c1-5-15-35(16-6-1)37-29-31-51(32-30-37,41-23-11-4-12-24-41)42-27-28-45-44(34-42)47-43(25-14-26-46(47)55-45)50-53-48(38-19-9-3-10-20-38)52-49(54-50)40-22-13-21-39(33-40)36-17-7-2-8-18-36/h1-31,33-34H,32H2. The number of hydrogen-bond donors (Lipinski definition) is 0. The Bertz CT molecular complexity index is 2880. The molecule has 4 heteroatoms. The summed E-state index contributed by atoms with van der Waals surface area (Å²) in [6.45, 7) is 0. The summed E-state index contributed by atoms with van der Waals surface area (Å²) in [6, 6.07) is 63.1. The molecule has 1 aliphatic rings. The zero-order chi connectivity index (χ0) is 36.6.